The molecule has 1 fully saturated rings. The second kappa shape index (κ2) is 7.95. The van der Waals surface area contributed by atoms with Gasteiger partial charge in [-0.2, -0.15) is 0 Å². The summed E-state index contributed by atoms with van der Waals surface area (Å²) in [6, 6.07) is 15.2. The van der Waals surface area contributed by atoms with Crippen LogP contribution in [0.4, 0.5) is 0 Å². The highest BCUT2D eigenvalue weighted by Crippen LogP contribution is 2.27. The number of aryl methyl sites for hydroxylation is 1. The van der Waals surface area contributed by atoms with Gasteiger partial charge in [0.15, 0.2) is 0 Å². The number of aromatic nitrogens is 1. The Labute approximate surface area is 142 Å². The van der Waals surface area contributed by atoms with Crippen LogP contribution in [0.15, 0.2) is 59.5 Å². The summed E-state index contributed by atoms with van der Waals surface area (Å²) in [5.41, 5.74) is 1.10. The van der Waals surface area contributed by atoms with E-state index in [1.165, 1.54) is 25.3 Å². The number of rotatable bonds is 7. The third-order valence-corrected chi connectivity index (χ3v) is 4.74. The van der Waals surface area contributed by atoms with E-state index in [-0.39, 0.29) is 11.5 Å². The Kier molecular flexibility index (Phi) is 5.47. The molecule has 1 aromatic carbocycles. The van der Waals surface area contributed by atoms with Gasteiger partial charge < -0.3 is 9.47 Å². The summed E-state index contributed by atoms with van der Waals surface area (Å²) >= 11 is 0. The first-order chi connectivity index (χ1) is 11.7. The van der Waals surface area contributed by atoms with Crippen molar-refractivity contribution in [1.29, 1.82) is 0 Å². The van der Waals surface area contributed by atoms with Crippen molar-refractivity contribution in [3.63, 3.8) is 0 Å². The number of pyridine rings is 1. The van der Waals surface area contributed by atoms with E-state index >= 15 is 0 Å². The molecule has 126 valence electrons. The molecule has 4 heteroatoms. The lowest BCUT2D eigenvalue weighted by molar-refractivity contribution is -0.133. The molecule has 0 spiro atoms. The molecule has 0 saturated heterocycles. The number of benzene rings is 1. The third-order valence-electron chi connectivity index (χ3n) is 4.74. The fourth-order valence-corrected chi connectivity index (χ4v) is 3.06. The molecule has 1 amide bonds. The number of carbonyl (C=O) groups is 1. The smallest absolute Gasteiger partial charge is 0.250 e. The number of hydrogen-bond acceptors (Lipinski definition) is 2. The van der Waals surface area contributed by atoms with Gasteiger partial charge in [0, 0.05) is 38.3 Å². The monoisotopic (exact) mass is 324 g/mol. The maximum absolute atomic E-state index is 12.7. The van der Waals surface area contributed by atoms with Gasteiger partial charge in [-0.25, -0.2) is 0 Å². The molecule has 4 nitrogen and oxygen atoms in total. The van der Waals surface area contributed by atoms with Gasteiger partial charge in [-0.1, -0.05) is 42.8 Å². The Morgan fingerprint density at radius 1 is 1.08 bits per heavy atom. The van der Waals surface area contributed by atoms with Crippen molar-refractivity contribution in [1.82, 2.24) is 9.47 Å². The second-order valence-electron chi connectivity index (χ2n) is 6.54. The zero-order chi connectivity index (χ0) is 16.8. The van der Waals surface area contributed by atoms with Crippen LogP contribution in [-0.4, -0.2) is 21.9 Å². The van der Waals surface area contributed by atoms with E-state index in [4.69, 9.17) is 0 Å². The summed E-state index contributed by atoms with van der Waals surface area (Å²) in [5, 5.41) is 0. The van der Waals surface area contributed by atoms with E-state index in [9.17, 15) is 9.59 Å². The Morgan fingerprint density at radius 3 is 2.50 bits per heavy atom. The van der Waals surface area contributed by atoms with E-state index in [1.807, 2.05) is 29.2 Å². The minimum absolute atomic E-state index is 0.0566. The third kappa shape index (κ3) is 4.34. The van der Waals surface area contributed by atoms with Crippen molar-refractivity contribution in [2.24, 2.45) is 5.92 Å². The quantitative estimate of drug-likeness (QED) is 0.785. The van der Waals surface area contributed by atoms with Crippen LogP contribution in [0.2, 0.25) is 0 Å². The Morgan fingerprint density at radius 2 is 1.83 bits per heavy atom. The van der Waals surface area contributed by atoms with Crippen LogP contribution < -0.4 is 5.56 Å². The normalized spacial score (nSPS) is 14.2. The average Bonchev–Trinajstić information content (AvgIpc) is 2.57. The Hall–Kier alpha value is -2.36. The predicted octanol–water partition coefficient (Wildman–Crippen LogP) is 3.07. The standard InChI is InChI=1S/C20H24N2O2/c23-19-11-4-5-13-21(19)14-12-20(24)22(16-18-9-6-10-18)15-17-7-2-1-3-8-17/h1-5,7-8,11,13,18H,6,9-10,12,14-16H2. The van der Waals surface area contributed by atoms with E-state index in [2.05, 4.69) is 12.1 Å². The van der Waals surface area contributed by atoms with Crippen molar-refractivity contribution < 1.29 is 4.79 Å². The molecule has 0 bridgehead atoms. The second-order valence-corrected chi connectivity index (χ2v) is 6.54. The van der Waals surface area contributed by atoms with E-state index < -0.39 is 0 Å². The Bertz CT molecular complexity index is 720. The molecule has 0 unspecified atom stereocenters. The van der Waals surface area contributed by atoms with Crippen LogP contribution in [0.1, 0.15) is 31.2 Å². The molecule has 3 rings (SSSR count). The van der Waals surface area contributed by atoms with Crippen molar-refractivity contribution in [3.05, 3.63) is 70.6 Å². The molecule has 1 aromatic heterocycles. The molecule has 0 atom stereocenters. The maximum Gasteiger partial charge on any atom is 0.250 e. The molecule has 1 saturated carbocycles. The first kappa shape index (κ1) is 16.5. The summed E-state index contributed by atoms with van der Waals surface area (Å²) < 4.78 is 1.60. The summed E-state index contributed by atoms with van der Waals surface area (Å²) in [6.07, 6.45) is 5.82. The van der Waals surface area contributed by atoms with Gasteiger partial charge in [-0.3, -0.25) is 9.59 Å². The molecular formula is C20H24N2O2. The zero-order valence-electron chi connectivity index (χ0n) is 13.9. The van der Waals surface area contributed by atoms with Gasteiger partial charge in [0.25, 0.3) is 5.56 Å². The minimum Gasteiger partial charge on any atom is -0.338 e. The van der Waals surface area contributed by atoms with E-state index in [0.29, 0.717) is 25.4 Å². The van der Waals surface area contributed by atoms with Crippen molar-refractivity contribution in [2.75, 3.05) is 6.54 Å². The lowest BCUT2D eigenvalue weighted by atomic mass is 9.85. The molecule has 0 radical (unpaired) electrons. The van der Waals surface area contributed by atoms with Crippen molar-refractivity contribution in [3.8, 4) is 0 Å². The van der Waals surface area contributed by atoms with Crippen molar-refractivity contribution >= 4 is 5.91 Å². The van der Waals surface area contributed by atoms with Crippen LogP contribution in [0.3, 0.4) is 0 Å². The summed E-state index contributed by atoms with van der Waals surface area (Å²) in [7, 11) is 0. The van der Waals surface area contributed by atoms with Gasteiger partial charge in [-0.05, 0) is 30.4 Å². The van der Waals surface area contributed by atoms with Crippen LogP contribution in [0.5, 0.6) is 0 Å². The number of amides is 1. The largest absolute Gasteiger partial charge is 0.338 e. The lowest BCUT2D eigenvalue weighted by Crippen LogP contribution is -2.37. The number of nitrogens with zero attached hydrogens (tertiary/aromatic N) is 2. The highest BCUT2D eigenvalue weighted by atomic mass is 16.2. The van der Waals surface area contributed by atoms with Crippen LogP contribution in [-0.2, 0) is 17.9 Å². The number of hydrogen-bond donors (Lipinski definition) is 0. The fourth-order valence-electron chi connectivity index (χ4n) is 3.06. The lowest BCUT2D eigenvalue weighted by Gasteiger charge is -2.32. The van der Waals surface area contributed by atoms with E-state index in [1.54, 1.807) is 16.8 Å². The Balaban J connectivity index is 1.63. The average molecular weight is 324 g/mol. The van der Waals surface area contributed by atoms with Gasteiger partial charge in [0.05, 0.1) is 0 Å². The van der Waals surface area contributed by atoms with Crippen molar-refractivity contribution in [2.45, 2.75) is 38.8 Å². The topological polar surface area (TPSA) is 42.3 Å². The van der Waals surface area contributed by atoms with Crippen LogP contribution in [0.25, 0.3) is 0 Å². The molecule has 1 aliphatic carbocycles. The first-order valence-corrected chi connectivity index (χ1v) is 8.69. The molecule has 2 aromatic rings. The molecule has 24 heavy (non-hydrogen) atoms. The minimum atomic E-state index is -0.0566. The SMILES string of the molecule is O=C(CCn1ccccc1=O)N(Cc1ccccc1)CC1CCC1. The highest BCUT2D eigenvalue weighted by molar-refractivity contribution is 5.76. The first-order valence-electron chi connectivity index (χ1n) is 8.69. The summed E-state index contributed by atoms with van der Waals surface area (Å²) in [4.78, 5) is 26.4. The molecule has 1 aliphatic rings. The van der Waals surface area contributed by atoms with E-state index in [0.717, 1.165) is 12.1 Å². The highest BCUT2D eigenvalue weighted by Gasteiger charge is 2.23. The van der Waals surface area contributed by atoms with Gasteiger partial charge in [0.2, 0.25) is 5.91 Å². The molecule has 0 aliphatic heterocycles. The van der Waals surface area contributed by atoms with Crippen LogP contribution in [0, 0.1) is 5.92 Å². The predicted molar refractivity (Wildman–Crippen MR) is 94.5 cm³/mol. The molecule has 0 N–H and O–H groups in total. The van der Waals surface area contributed by atoms with Gasteiger partial charge >= 0.3 is 0 Å². The summed E-state index contributed by atoms with van der Waals surface area (Å²) in [6.45, 7) is 1.92. The molecular weight excluding hydrogens is 300 g/mol. The maximum atomic E-state index is 12.7. The fraction of sp³-hybridized carbons (Fsp3) is 0.400. The molecule has 1 heterocycles. The number of carbonyl (C=O) groups excluding carboxylic acids is 1. The van der Waals surface area contributed by atoms with Crippen LogP contribution >= 0.6 is 0 Å². The van der Waals surface area contributed by atoms with Gasteiger partial charge in [-0.15, -0.1) is 0 Å². The zero-order valence-corrected chi connectivity index (χ0v) is 13.9. The summed E-state index contributed by atoms with van der Waals surface area (Å²) in [5.74, 6) is 0.763. The van der Waals surface area contributed by atoms with Gasteiger partial charge in [0.1, 0.15) is 0 Å².